The normalized spacial score (nSPS) is 10.0. The van der Waals surface area contributed by atoms with E-state index in [4.69, 9.17) is 9.81 Å². The Kier molecular flexibility index (Phi) is 2.24. The van der Waals surface area contributed by atoms with E-state index in [2.05, 4.69) is 4.74 Å². The monoisotopic (exact) mass is 137 g/mol. The minimum Gasteiger partial charge on any atom is -0.408 e. The van der Waals surface area contributed by atoms with Crippen LogP contribution in [0, 0.1) is 11.5 Å². The summed E-state index contributed by atoms with van der Waals surface area (Å²) in [5.74, 6) is -0.969. The van der Waals surface area contributed by atoms with Crippen LogP contribution in [-0.2, 0) is 14.9 Å². The molecule has 1 N–H and O–H groups in total. The van der Waals surface area contributed by atoms with Crippen molar-refractivity contribution in [3.63, 3.8) is 0 Å². The average Bonchev–Trinajstić information content (AvgIpc) is 1.59. The van der Waals surface area contributed by atoms with Crippen molar-refractivity contribution < 1.29 is 17.7 Å². The van der Waals surface area contributed by atoms with E-state index in [1.165, 1.54) is 0 Å². The minimum atomic E-state index is -4.13. The molecule has 0 radical (unpaired) electrons. The molecule has 6 heteroatoms. The first kappa shape index (κ1) is 7.20. The predicted octanol–water partition coefficient (Wildman–Crippen LogP) is -0.671. The molecule has 0 rings (SSSR count). The van der Waals surface area contributed by atoms with E-state index in [0.717, 1.165) is 6.26 Å². The van der Waals surface area contributed by atoms with Crippen LogP contribution in [0.15, 0.2) is 0 Å². The van der Waals surface area contributed by atoms with E-state index in [1.807, 2.05) is 0 Å². The van der Waals surface area contributed by atoms with Crippen LogP contribution < -0.4 is 0 Å². The van der Waals surface area contributed by atoms with Gasteiger partial charge in [-0.2, -0.15) is 13.7 Å². The number of hydrogen-bond donors (Lipinski definition) is 1. The standard InChI is InChI=1S/C2H3NO4S/c3-1-7-2-8(4,5)6/h2H2,(H,4,5,6). The van der Waals surface area contributed by atoms with Gasteiger partial charge in [0.1, 0.15) is 0 Å². The molecule has 0 unspecified atom stereocenters. The molecule has 0 aromatic heterocycles. The summed E-state index contributed by atoms with van der Waals surface area (Å²) in [6.45, 7) is 0. The highest BCUT2D eigenvalue weighted by Crippen LogP contribution is 1.79. The molecule has 0 aliphatic carbocycles. The van der Waals surface area contributed by atoms with Gasteiger partial charge in [-0.1, -0.05) is 0 Å². The lowest BCUT2D eigenvalue weighted by Gasteiger charge is -1.87. The molecular formula is C2H3NO4S. The largest absolute Gasteiger partial charge is 0.408 e. The summed E-state index contributed by atoms with van der Waals surface area (Å²) in [6.07, 6.45) is 1.09. The van der Waals surface area contributed by atoms with Gasteiger partial charge in [0.2, 0.25) is 5.94 Å². The molecule has 46 valence electrons. The zero-order chi connectivity index (χ0) is 6.62. The number of nitriles is 1. The van der Waals surface area contributed by atoms with Crippen LogP contribution in [0.1, 0.15) is 0 Å². The molecule has 0 aromatic rings. The van der Waals surface area contributed by atoms with Crippen LogP contribution in [0.4, 0.5) is 0 Å². The SMILES string of the molecule is N#COCS(=O)(=O)O. The summed E-state index contributed by atoms with van der Waals surface area (Å²) < 4.78 is 30.8. The van der Waals surface area contributed by atoms with Crippen molar-refractivity contribution in [2.45, 2.75) is 0 Å². The third-order valence-electron chi connectivity index (χ3n) is 0.272. The predicted molar refractivity (Wildman–Crippen MR) is 23.1 cm³/mol. The summed E-state index contributed by atoms with van der Waals surface area (Å²) in [5.41, 5.74) is 0. The first-order chi connectivity index (χ1) is 3.56. The van der Waals surface area contributed by atoms with E-state index in [-0.39, 0.29) is 0 Å². The first-order valence-corrected chi connectivity index (χ1v) is 3.13. The lowest BCUT2D eigenvalue weighted by Crippen LogP contribution is -2.04. The lowest BCUT2D eigenvalue weighted by molar-refractivity contribution is 0.311. The topological polar surface area (TPSA) is 87.4 Å². The fourth-order valence-electron chi connectivity index (χ4n) is 0.101. The van der Waals surface area contributed by atoms with Gasteiger partial charge in [-0.25, -0.2) is 0 Å². The molecule has 0 aliphatic rings. The molecule has 8 heavy (non-hydrogen) atoms. The molecule has 0 aliphatic heterocycles. The summed E-state index contributed by atoms with van der Waals surface area (Å²) in [6, 6.07) is 0. The molecule has 0 fully saturated rings. The number of rotatable bonds is 2. The van der Waals surface area contributed by atoms with Crippen molar-refractivity contribution in [2.24, 2.45) is 0 Å². The van der Waals surface area contributed by atoms with Gasteiger partial charge in [0.25, 0.3) is 6.26 Å². The highest BCUT2D eigenvalue weighted by Gasteiger charge is 2.01. The van der Waals surface area contributed by atoms with E-state index in [9.17, 15) is 8.42 Å². The van der Waals surface area contributed by atoms with Gasteiger partial charge in [0.05, 0.1) is 0 Å². The minimum absolute atomic E-state index is 0.969. The van der Waals surface area contributed by atoms with Crippen molar-refractivity contribution in [3.05, 3.63) is 0 Å². The second-order valence-electron chi connectivity index (χ2n) is 0.935. The van der Waals surface area contributed by atoms with Crippen LogP contribution in [0.3, 0.4) is 0 Å². The second kappa shape index (κ2) is 2.49. The maximum Gasteiger partial charge on any atom is 0.301 e. The summed E-state index contributed by atoms with van der Waals surface area (Å²) >= 11 is 0. The Morgan fingerprint density at radius 1 is 1.75 bits per heavy atom. The van der Waals surface area contributed by atoms with Crippen molar-refractivity contribution in [2.75, 3.05) is 5.94 Å². The Morgan fingerprint density at radius 2 is 2.25 bits per heavy atom. The highest BCUT2D eigenvalue weighted by atomic mass is 32.2. The van der Waals surface area contributed by atoms with Crippen molar-refractivity contribution in [1.82, 2.24) is 0 Å². The Morgan fingerprint density at radius 3 is 2.38 bits per heavy atom. The van der Waals surface area contributed by atoms with Crippen molar-refractivity contribution in [1.29, 1.82) is 5.26 Å². The van der Waals surface area contributed by atoms with Crippen LogP contribution in [0.2, 0.25) is 0 Å². The summed E-state index contributed by atoms with van der Waals surface area (Å²) in [7, 11) is -4.13. The average molecular weight is 137 g/mol. The van der Waals surface area contributed by atoms with Gasteiger partial charge >= 0.3 is 10.1 Å². The molecule has 0 bridgehead atoms. The van der Waals surface area contributed by atoms with E-state index < -0.39 is 16.1 Å². The first-order valence-electron chi connectivity index (χ1n) is 1.52. The molecule has 0 saturated heterocycles. The van der Waals surface area contributed by atoms with Gasteiger partial charge < -0.3 is 4.74 Å². The third kappa shape index (κ3) is 5.20. The zero-order valence-corrected chi connectivity index (χ0v) is 4.55. The van der Waals surface area contributed by atoms with Crippen LogP contribution in [-0.4, -0.2) is 18.9 Å². The van der Waals surface area contributed by atoms with Gasteiger partial charge in [-0.15, -0.1) is 0 Å². The summed E-state index contributed by atoms with van der Waals surface area (Å²) in [5, 5.41) is 7.58. The maximum absolute atomic E-state index is 9.67. The zero-order valence-electron chi connectivity index (χ0n) is 3.73. The van der Waals surface area contributed by atoms with E-state index >= 15 is 0 Å². The number of ether oxygens (including phenoxy) is 1. The van der Waals surface area contributed by atoms with Gasteiger partial charge in [0.15, 0.2) is 0 Å². The molecule has 5 nitrogen and oxygen atoms in total. The number of hydrogen-bond acceptors (Lipinski definition) is 4. The molecule has 0 spiro atoms. The maximum atomic E-state index is 9.67. The second-order valence-corrected chi connectivity index (χ2v) is 2.33. The van der Waals surface area contributed by atoms with Gasteiger partial charge in [-0.3, -0.25) is 4.55 Å². The fraction of sp³-hybridized carbons (Fsp3) is 0.500. The number of nitrogens with zero attached hydrogens (tertiary/aromatic N) is 1. The third-order valence-corrected chi connectivity index (χ3v) is 0.688. The molecule has 0 aromatic carbocycles. The van der Waals surface area contributed by atoms with Gasteiger partial charge in [-0.05, 0) is 0 Å². The lowest BCUT2D eigenvalue weighted by atomic mass is 11.5. The van der Waals surface area contributed by atoms with Crippen molar-refractivity contribution >= 4 is 10.1 Å². The Bertz CT molecular complexity index is 187. The van der Waals surface area contributed by atoms with Crippen molar-refractivity contribution in [3.8, 4) is 6.26 Å². The molecule has 0 atom stereocenters. The molecule has 0 saturated carbocycles. The Balaban J connectivity index is 3.63. The highest BCUT2D eigenvalue weighted by molar-refractivity contribution is 7.85. The van der Waals surface area contributed by atoms with Crippen LogP contribution in [0.5, 0.6) is 0 Å². The van der Waals surface area contributed by atoms with E-state index in [0.29, 0.717) is 0 Å². The summed E-state index contributed by atoms with van der Waals surface area (Å²) in [4.78, 5) is 0. The molecule has 0 amide bonds. The van der Waals surface area contributed by atoms with Gasteiger partial charge in [0, 0.05) is 0 Å². The molecule has 0 heterocycles. The van der Waals surface area contributed by atoms with Crippen LogP contribution >= 0.6 is 0 Å². The Hall–Kier alpha value is -0.800. The smallest absolute Gasteiger partial charge is 0.301 e. The Labute approximate surface area is 46.2 Å². The quantitative estimate of drug-likeness (QED) is 0.402. The fourth-order valence-corrected chi connectivity index (χ4v) is 0.302. The van der Waals surface area contributed by atoms with Crippen LogP contribution in [0.25, 0.3) is 0 Å². The molecular weight excluding hydrogens is 134 g/mol. The van der Waals surface area contributed by atoms with E-state index in [1.54, 1.807) is 0 Å².